The Morgan fingerprint density at radius 1 is 0.895 bits per heavy atom. The predicted molar refractivity (Wildman–Crippen MR) is 81.2 cm³/mol. The summed E-state index contributed by atoms with van der Waals surface area (Å²) in [5, 5.41) is 2.35. The molecular formula is C16H27N3. The molecule has 1 aliphatic heterocycles. The van der Waals surface area contributed by atoms with E-state index in [0.29, 0.717) is 12.0 Å². The largest absolute Gasteiger partial charge is 0.304 e. The Kier molecular flexibility index (Phi) is 4.97. The first-order valence-electron chi connectivity index (χ1n) is 7.36. The van der Waals surface area contributed by atoms with Crippen LogP contribution in [0.1, 0.15) is 43.9 Å². The minimum absolute atomic E-state index is 0.379. The normalized spacial score (nSPS) is 19.8. The number of hydrogen-bond acceptors (Lipinski definition) is 3. The van der Waals surface area contributed by atoms with E-state index in [9.17, 15) is 0 Å². The molecule has 0 aromatic heterocycles. The van der Waals surface area contributed by atoms with E-state index in [1.807, 2.05) is 0 Å². The van der Waals surface area contributed by atoms with Gasteiger partial charge in [-0.15, -0.1) is 0 Å². The zero-order valence-electron chi connectivity index (χ0n) is 12.7. The molecule has 106 valence electrons. The van der Waals surface area contributed by atoms with Crippen LogP contribution in [-0.2, 0) is 0 Å². The summed E-state index contributed by atoms with van der Waals surface area (Å²) in [5.41, 5.74) is 6.39. The maximum atomic E-state index is 3.61. The minimum Gasteiger partial charge on any atom is -0.304 e. The Labute approximate surface area is 117 Å². The smallest absolute Gasteiger partial charge is 0.0436 e. The first kappa shape index (κ1) is 14.5. The van der Waals surface area contributed by atoms with E-state index in [1.165, 1.54) is 11.1 Å². The SMILES string of the molecule is CC(C)c1ccc(C(C)NN2CCN(C)CC2)cc1. The number of benzene rings is 1. The van der Waals surface area contributed by atoms with Crippen LogP contribution in [0.15, 0.2) is 24.3 Å². The summed E-state index contributed by atoms with van der Waals surface area (Å²) in [6, 6.07) is 9.39. The molecule has 1 N–H and O–H groups in total. The number of nitrogens with one attached hydrogen (secondary N) is 1. The molecule has 1 fully saturated rings. The molecule has 1 heterocycles. The molecule has 0 aliphatic carbocycles. The van der Waals surface area contributed by atoms with Gasteiger partial charge in [0.15, 0.2) is 0 Å². The van der Waals surface area contributed by atoms with Crippen molar-refractivity contribution in [3.63, 3.8) is 0 Å². The Morgan fingerprint density at radius 2 is 1.42 bits per heavy atom. The van der Waals surface area contributed by atoms with Crippen LogP contribution >= 0.6 is 0 Å². The van der Waals surface area contributed by atoms with Crippen molar-refractivity contribution in [1.82, 2.24) is 15.3 Å². The lowest BCUT2D eigenvalue weighted by molar-refractivity contribution is 0.0899. The fraction of sp³-hybridized carbons (Fsp3) is 0.625. The summed E-state index contributed by atoms with van der Waals surface area (Å²) < 4.78 is 0. The first-order chi connectivity index (χ1) is 9.06. The van der Waals surface area contributed by atoms with E-state index in [-0.39, 0.29) is 0 Å². The van der Waals surface area contributed by atoms with Gasteiger partial charge in [-0.1, -0.05) is 38.1 Å². The second kappa shape index (κ2) is 6.51. The molecule has 2 rings (SSSR count). The Balaban J connectivity index is 1.90. The van der Waals surface area contributed by atoms with Crippen LogP contribution in [0.3, 0.4) is 0 Å². The molecule has 3 nitrogen and oxygen atoms in total. The topological polar surface area (TPSA) is 18.5 Å². The molecule has 3 heteroatoms. The van der Waals surface area contributed by atoms with Gasteiger partial charge in [-0.25, -0.2) is 10.4 Å². The second-order valence-electron chi connectivity index (χ2n) is 5.96. The Bertz CT molecular complexity index is 377. The van der Waals surface area contributed by atoms with Crippen LogP contribution in [0.25, 0.3) is 0 Å². The average Bonchev–Trinajstić information content (AvgIpc) is 2.41. The zero-order valence-corrected chi connectivity index (χ0v) is 12.7. The second-order valence-corrected chi connectivity index (χ2v) is 5.96. The van der Waals surface area contributed by atoms with Crippen LogP contribution in [0.4, 0.5) is 0 Å². The first-order valence-corrected chi connectivity index (χ1v) is 7.36. The lowest BCUT2D eigenvalue weighted by atomic mass is 10.00. The summed E-state index contributed by atoms with van der Waals surface area (Å²) in [6.45, 7) is 11.2. The fourth-order valence-electron chi connectivity index (χ4n) is 2.45. The van der Waals surface area contributed by atoms with Crippen LogP contribution in [0, 0.1) is 0 Å². The van der Waals surface area contributed by atoms with Crippen molar-refractivity contribution in [3.05, 3.63) is 35.4 Å². The fourth-order valence-corrected chi connectivity index (χ4v) is 2.45. The monoisotopic (exact) mass is 261 g/mol. The molecule has 0 amide bonds. The Morgan fingerprint density at radius 3 is 1.95 bits per heavy atom. The van der Waals surface area contributed by atoms with Crippen molar-refractivity contribution in [2.75, 3.05) is 33.2 Å². The van der Waals surface area contributed by atoms with Gasteiger partial charge in [0.1, 0.15) is 0 Å². The average molecular weight is 261 g/mol. The number of hydrazine groups is 1. The highest BCUT2D eigenvalue weighted by atomic mass is 15.5. The van der Waals surface area contributed by atoms with Gasteiger partial charge in [0.05, 0.1) is 0 Å². The molecule has 1 atom stereocenters. The molecule has 1 aromatic carbocycles. The Hall–Kier alpha value is -0.900. The molecule has 1 aliphatic rings. The molecule has 1 aromatic rings. The summed E-state index contributed by atoms with van der Waals surface area (Å²) in [4.78, 5) is 2.38. The lowest BCUT2D eigenvalue weighted by Gasteiger charge is -2.34. The zero-order chi connectivity index (χ0) is 13.8. The summed E-state index contributed by atoms with van der Waals surface area (Å²) in [5.74, 6) is 0.606. The van der Waals surface area contributed by atoms with E-state index < -0.39 is 0 Å². The quantitative estimate of drug-likeness (QED) is 0.899. The number of piperazine rings is 1. The number of rotatable bonds is 4. The molecule has 19 heavy (non-hydrogen) atoms. The maximum absolute atomic E-state index is 3.61. The molecule has 1 saturated heterocycles. The maximum Gasteiger partial charge on any atom is 0.0436 e. The van der Waals surface area contributed by atoms with Gasteiger partial charge in [0, 0.05) is 32.2 Å². The highest BCUT2D eigenvalue weighted by Gasteiger charge is 2.16. The number of likely N-dealkylation sites (N-methyl/N-ethyl adjacent to an activating group) is 1. The van der Waals surface area contributed by atoms with Gasteiger partial charge in [-0.2, -0.15) is 0 Å². The minimum atomic E-state index is 0.379. The predicted octanol–water partition coefficient (Wildman–Crippen LogP) is 2.62. The van der Waals surface area contributed by atoms with Gasteiger partial charge in [-0.05, 0) is 31.0 Å². The number of nitrogens with zero attached hydrogens (tertiary/aromatic N) is 2. The van der Waals surface area contributed by atoms with Crippen LogP contribution in [-0.4, -0.2) is 43.1 Å². The summed E-state index contributed by atoms with van der Waals surface area (Å²) in [7, 11) is 2.19. The van der Waals surface area contributed by atoms with Crippen molar-refractivity contribution in [3.8, 4) is 0 Å². The summed E-state index contributed by atoms with van der Waals surface area (Å²) >= 11 is 0. The van der Waals surface area contributed by atoms with Crippen molar-refractivity contribution in [2.45, 2.75) is 32.7 Å². The van der Waals surface area contributed by atoms with E-state index >= 15 is 0 Å². The van der Waals surface area contributed by atoms with Crippen molar-refractivity contribution >= 4 is 0 Å². The van der Waals surface area contributed by atoms with Gasteiger partial charge in [0.2, 0.25) is 0 Å². The van der Waals surface area contributed by atoms with Crippen LogP contribution in [0.2, 0.25) is 0 Å². The van der Waals surface area contributed by atoms with Crippen LogP contribution in [0.5, 0.6) is 0 Å². The third kappa shape index (κ3) is 4.03. The number of hydrogen-bond donors (Lipinski definition) is 1. The summed E-state index contributed by atoms with van der Waals surface area (Å²) in [6.07, 6.45) is 0. The van der Waals surface area contributed by atoms with Crippen molar-refractivity contribution in [1.29, 1.82) is 0 Å². The molecule has 0 bridgehead atoms. The van der Waals surface area contributed by atoms with Gasteiger partial charge < -0.3 is 4.90 Å². The van der Waals surface area contributed by atoms with Crippen molar-refractivity contribution < 1.29 is 0 Å². The van der Waals surface area contributed by atoms with Crippen LogP contribution < -0.4 is 5.43 Å². The molecular weight excluding hydrogens is 234 g/mol. The highest BCUT2D eigenvalue weighted by Crippen LogP contribution is 2.18. The highest BCUT2D eigenvalue weighted by molar-refractivity contribution is 5.26. The van der Waals surface area contributed by atoms with E-state index in [4.69, 9.17) is 0 Å². The van der Waals surface area contributed by atoms with Gasteiger partial charge in [-0.3, -0.25) is 0 Å². The molecule has 0 saturated carbocycles. The third-order valence-corrected chi connectivity index (χ3v) is 3.98. The standard InChI is InChI=1S/C16H27N3/c1-13(2)15-5-7-16(8-6-15)14(3)17-19-11-9-18(4)10-12-19/h5-8,13-14,17H,9-12H2,1-4H3. The van der Waals surface area contributed by atoms with E-state index in [2.05, 4.69) is 67.4 Å². The lowest BCUT2D eigenvalue weighted by Crippen LogP contribution is -2.51. The molecule has 1 unspecified atom stereocenters. The van der Waals surface area contributed by atoms with Crippen molar-refractivity contribution in [2.24, 2.45) is 0 Å². The van der Waals surface area contributed by atoms with Gasteiger partial charge >= 0.3 is 0 Å². The molecule has 0 spiro atoms. The third-order valence-electron chi connectivity index (χ3n) is 3.98. The molecule has 0 radical (unpaired) electrons. The van der Waals surface area contributed by atoms with E-state index in [0.717, 1.165) is 26.2 Å². The van der Waals surface area contributed by atoms with Gasteiger partial charge in [0.25, 0.3) is 0 Å². The van der Waals surface area contributed by atoms with E-state index in [1.54, 1.807) is 0 Å².